The third-order valence-corrected chi connectivity index (χ3v) is 2.57. The Morgan fingerprint density at radius 1 is 1.50 bits per heavy atom. The molecule has 0 saturated carbocycles. The van der Waals surface area contributed by atoms with Gasteiger partial charge < -0.3 is 9.64 Å². The van der Waals surface area contributed by atoms with Crippen LogP contribution in [0.15, 0.2) is 0 Å². The average molecular weight is 171 g/mol. The van der Waals surface area contributed by atoms with E-state index in [1.54, 1.807) is 0 Å². The minimum atomic E-state index is 0.386. The second kappa shape index (κ2) is 4.83. The first-order valence-corrected chi connectivity index (χ1v) is 5.02. The molecule has 1 fully saturated rings. The zero-order valence-electron chi connectivity index (χ0n) is 8.55. The first-order chi connectivity index (χ1) is 5.70. The van der Waals surface area contributed by atoms with Crippen LogP contribution in [0.25, 0.3) is 0 Å². The summed E-state index contributed by atoms with van der Waals surface area (Å²) in [5.74, 6) is 0. The van der Waals surface area contributed by atoms with Gasteiger partial charge >= 0.3 is 0 Å². The van der Waals surface area contributed by atoms with Gasteiger partial charge in [-0.1, -0.05) is 0 Å². The van der Waals surface area contributed by atoms with Gasteiger partial charge in [-0.05, 0) is 46.7 Å². The van der Waals surface area contributed by atoms with E-state index in [9.17, 15) is 0 Å². The van der Waals surface area contributed by atoms with E-state index in [2.05, 4.69) is 25.8 Å². The summed E-state index contributed by atoms with van der Waals surface area (Å²) in [7, 11) is 2.22. The quantitative estimate of drug-likeness (QED) is 0.640. The van der Waals surface area contributed by atoms with Crippen molar-refractivity contribution in [1.82, 2.24) is 4.90 Å². The Kier molecular flexibility index (Phi) is 4.02. The first-order valence-electron chi connectivity index (χ1n) is 5.02. The summed E-state index contributed by atoms with van der Waals surface area (Å²) in [6.45, 7) is 6.38. The third-order valence-electron chi connectivity index (χ3n) is 2.57. The van der Waals surface area contributed by atoms with E-state index < -0.39 is 0 Å². The van der Waals surface area contributed by atoms with Crippen LogP contribution >= 0.6 is 0 Å². The molecular formula is C10H21NO. The molecule has 0 aliphatic carbocycles. The van der Waals surface area contributed by atoms with Gasteiger partial charge in [0, 0.05) is 12.6 Å². The van der Waals surface area contributed by atoms with Gasteiger partial charge in [0.15, 0.2) is 0 Å². The Bertz CT molecular complexity index is 125. The molecule has 0 aromatic carbocycles. The Morgan fingerprint density at radius 2 is 2.25 bits per heavy atom. The molecule has 2 nitrogen and oxygen atoms in total. The Balaban J connectivity index is 2.06. The molecule has 12 heavy (non-hydrogen) atoms. The molecule has 0 aromatic heterocycles. The summed E-state index contributed by atoms with van der Waals surface area (Å²) >= 11 is 0. The maximum atomic E-state index is 5.53. The lowest BCUT2D eigenvalue weighted by Crippen LogP contribution is -2.26. The number of hydrogen-bond acceptors (Lipinski definition) is 2. The molecule has 0 N–H and O–H groups in total. The van der Waals surface area contributed by atoms with Gasteiger partial charge in [0.05, 0.1) is 6.10 Å². The van der Waals surface area contributed by atoms with Crippen molar-refractivity contribution in [2.24, 2.45) is 0 Å². The largest absolute Gasteiger partial charge is 0.379 e. The summed E-state index contributed by atoms with van der Waals surface area (Å²) in [6.07, 6.45) is 4.31. The van der Waals surface area contributed by atoms with Crippen LogP contribution in [0.1, 0.15) is 33.1 Å². The van der Waals surface area contributed by atoms with Gasteiger partial charge in [0.2, 0.25) is 0 Å². The third kappa shape index (κ3) is 3.11. The van der Waals surface area contributed by atoms with Gasteiger partial charge in [-0.3, -0.25) is 0 Å². The molecule has 1 rings (SSSR count). The second-order valence-corrected chi connectivity index (χ2v) is 3.98. The maximum Gasteiger partial charge on any atom is 0.0518 e. The molecule has 72 valence electrons. The van der Waals surface area contributed by atoms with E-state index in [1.807, 2.05) is 0 Å². The standard InChI is InChI=1S/C10H21NO/c1-9(2)12-8-6-10-5-4-7-11(10)3/h9-10H,4-8H2,1-3H3. The average Bonchev–Trinajstić information content (AvgIpc) is 2.36. The molecular weight excluding hydrogens is 150 g/mol. The second-order valence-electron chi connectivity index (χ2n) is 3.98. The van der Waals surface area contributed by atoms with Gasteiger partial charge in [-0.2, -0.15) is 0 Å². The number of likely N-dealkylation sites (tertiary alicyclic amines) is 1. The van der Waals surface area contributed by atoms with Crippen LogP contribution in [-0.4, -0.2) is 37.2 Å². The molecule has 0 radical (unpaired) electrons. The zero-order chi connectivity index (χ0) is 8.97. The fourth-order valence-electron chi connectivity index (χ4n) is 1.78. The lowest BCUT2D eigenvalue weighted by atomic mass is 10.1. The SMILES string of the molecule is CC(C)OCCC1CCCN1C. The number of nitrogens with zero attached hydrogens (tertiary/aromatic N) is 1. The van der Waals surface area contributed by atoms with Crippen molar-refractivity contribution in [2.75, 3.05) is 20.2 Å². The molecule has 1 saturated heterocycles. The first kappa shape index (κ1) is 10.0. The van der Waals surface area contributed by atoms with E-state index in [4.69, 9.17) is 4.74 Å². The molecule has 0 amide bonds. The van der Waals surface area contributed by atoms with E-state index in [0.29, 0.717) is 6.10 Å². The molecule has 1 atom stereocenters. The summed E-state index contributed by atoms with van der Waals surface area (Å²) < 4.78 is 5.53. The molecule has 1 heterocycles. The lowest BCUT2D eigenvalue weighted by molar-refractivity contribution is 0.0652. The van der Waals surface area contributed by atoms with Crippen molar-refractivity contribution in [2.45, 2.75) is 45.3 Å². The summed E-state index contributed by atoms with van der Waals surface area (Å²) in [5, 5.41) is 0. The number of rotatable bonds is 4. The van der Waals surface area contributed by atoms with Crippen LogP contribution < -0.4 is 0 Å². The minimum Gasteiger partial charge on any atom is -0.379 e. The normalized spacial score (nSPS) is 25.5. The van der Waals surface area contributed by atoms with E-state index in [0.717, 1.165) is 12.6 Å². The van der Waals surface area contributed by atoms with E-state index >= 15 is 0 Å². The highest BCUT2D eigenvalue weighted by atomic mass is 16.5. The van der Waals surface area contributed by atoms with Crippen molar-refractivity contribution in [3.63, 3.8) is 0 Å². The summed E-state index contributed by atoms with van der Waals surface area (Å²) in [5.41, 5.74) is 0. The predicted molar refractivity (Wildman–Crippen MR) is 51.4 cm³/mol. The smallest absolute Gasteiger partial charge is 0.0518 e. The van der Waals surface area contributed by atoms with Crippen molar-refractivity contribution >= 4 is 0 Å². The molecule has 0 aromatic rings. The van der Waals surface area contributed by atoms with E-state index in [1.165, 1.54) is 25.8 Å². The van der Waals surface area contributed by atoms with Crippen LogP contribution in [0, 0.1) is 0 Å². The topological polar surface area (TPSA) is 12.5 Å². The van der Waals surface area contributed by atoms with Gasteiger partial charge in [0.25, 0.3) is 0 Å². The summed E-state index contributed by atoms with van der Waals surface area (Å²) in [6, 6.07) is 0.781. The molecule has 1 aliphatic heterocycles. The fraction of sp³-hybridized carbons (Fsp3) is 1.00. The Labute approximate surface area is 75.9 Å². The highest BCUT2D eigenvalue weighted by Gasteiger charge is 2.19. The summed E-state index contributed by atoms with van der Waals surface area (Å²) in [4.78, 5) is 2.45. The Hall–Kier alpha value is -0.0800. The molecule has 1 unspecified atom stereocenters. The Morgan fingerprint density at radius 3 is 2.75 bits per heavy atom. The molecule has 0 spiro atoms. The molecule has 2 heteroatoms. The van der Waals surface area contributed by atoms with Crippen molar-refractivity contribution in [3.05, 3.63) is 0 Å². The highest BCUT2D eigenvalue weighted by Crippen LogP contribution is 2.17. The van der Waals surface area contributed by atoms with Gasteiger partial charge in [-0.25, -0.2) is 0 Å². The monoisotopic (exact) mass is 171 g/mol. The lowest BCUT2D eigenvalue weighted by Gasteiger charge is -2.19. The zero-order valence-corrected chi connectivity index (χ0v) is 8.55. The number of hydrogen-bond donors (Lipinski definition) is 0. The highest BCUT2D eigenvalue weighted by molar-refractivity contribution is 4.75. The predicted octanol–water partition coefficient (Wildman–Crippen LogP) is 1.90. The van der Waals surface area contributed by atoms with Crippen LogP contribution in [-0.2, 0) is 4.74 Å². The molecule has 0 bridgehead atoms. The van der Waals surface area contributed by atoms with Crippen molar-refractivity contribution in [3.8, 4) is 0 Å². The van der Waals surface area contributed by atoms with Crippen LogP contribution in [0.4, 0.5) is 0 Å². The minimum absolute atomic E-state index is 0.386. The number of ether oxygens (including phenoxy) is 1. The maximum absolute atomic E-state index is 5.53. The fourth-order valence-corrected chi connectivity index (χ4v) is 1.78. The van der Waals surface area contributed by atoms with E-state index in [-0.39, 0.29) is 0 Å². The van der Waals surface area contributed by atoms with Crippen molar-refractivity contribution < 1.29 is 4.74 Å². The van der Waals surface area contributed by atoms with Crippen LogP contribution in [0.3, 0.4) is 0 Å². The van der Waals surface area contributed by atoms with Crippen LogP contribution in [0.2, 0.25) is 0 Å². The van der Waals surface area contributed by atoms with Gasteiger partial charge in [-0.15, -0.1) is 0 Å². The van der Waals surface area contributed by atoms with Crippen molar-refractivity contribution in [1.29, 1.82) is 0 Å². The molecule has 1 aliphatic rings. The van der Waals surface area contributed by atoms with Crippen LogP contribution in [0.5, 0.6) is 0 Å². The van der Waals surface area contributed by atoms with Gasteiger partial charge in [0.1, 0.15) is 0 Å².